The molecule has 0 heterocycles. The first-order valence-corrected chi connectivity index (χ1v) is 16.9. The quantitative estimate of drug-likeness (QED) is 0.190. The van der Waals surface area contributed by atoms with Crippen molar-refractivity contribution in [1.29, 1.82) is 0 Å². The van der Waals surface area contributed by atoms with E-state index in [0.29, 0.717) is 0 Å². The van der Waals surface area contributed by atoms with Crippen LogP contribution in [-0.2, 0) is 10.8 Å². The predicted molar refractivity (Wildman–Crippen MR) is 201 cm³/mol. The second-order valence-corrected chi connectivity index (χ2v) is 13.7. The second kappa shape index (κ2) is 10.7. The van der Waals surface area contributed by atoms with E-state index in [9.17, 15) is 0 Å². The van der Waals surface area contributed by atoms with Gasteiger partial charge in [-0.25, -0.2) is 0 Å². The molecule has 2 aliphatic carbocycles. The van der Waals surface area contributed by atoms with Crippen molar-refractivity contribution in [2.45, 2.75) is 24.7 Å². The van der Waals surface area contributed by atoms with E-state index in [0.717, 1.165) is 5.69 Å². The Hall–Kier alpha value is -5.66. The van der Waals surface area contributed by atoms with E-state index in [4.69, 9.17) is 0 Å². The summed E-state index contributed by atoms with van der Waals surface area (Å²) in [6, 6.07) is 62.8. The molecule has 0 aliphatic heterocycles. The molecule has 0 atom stereocenters. The Morgan fingerprint density at radius 2 is 0.854 bits per heavy atom. The van der Waals surface area contributed by atoms with Crippen LogP contribution in [0.25, 0.3) is 33.4 Å². The third kappa shape index (κ3) is 3.91. The molecule has 0 N–H and O–H groups in total. The lowest BCUT2D eigenvalue weighted by Gasteiger charge is -2.46. The maximum Gasteiger partial charge on any atom is 0.0719 e. The fourth-order valence-electron chi connectivity index (χ4n) is 8.78. The summed E-state index contributed by atoms with van der Waals surface area (Å²) in [7, 11) is 2.16. The van der Waals surface area contributed by atoms with E-state index < -0.39 is 0 Å². The van der Waals surface area contributed by atoms with Gasteiger partial charge in [-0.1, -0.05) is 166 Å². The summed E-state index contributed by atoms with van der Waals surface area (Å²) in [5.74, 6) is 0. The van der Waals surface area contributed by atoms with Crippen LogP contribution in [0.3, 0.4) is 0 Å². The van der Waals surface area contributed by atoms with Crippen LogP contribution in [0.4, 0.5) is 11.4 Å². The van der Waals surface area contributed by atoms with Crippen molar-refractivity contribution in [2.75, 3.05) is 11.9 Å². The van der Waals surface area contributed by atoms with E-state index >= 15 is 0 Å². The van der Waals surface area contributed by atoms with Gasteiger partial charge in [0.15, 0.2) is 0 Å². The highest BCUT2D eigenvalue weighted by Crippen LogP contribution is 2.63. The van der Waals surface area contributed by atoms with Gasteiger partial charge in [0.25, 0.3) is 0 Å². The molecular weight excluding hydrogens is 579 g/mol. The molecule has 1 spiro atoms. The monoisotopic (exact) mass is 615 g/mol. The van der Waals surface area contributed by atoms with Gasteiger partial charge in [-0.2, -0.15) is 0 Å². The van der Waals surface area contributed by atoms with Crippen molar-refractivity contribution in [2.24, 2.45) is 0 Å². The molecule has 0 bridgehead atoms. The van der Waals surface area contributed by atoms with Gasteiger partial charge in [-0.3, -0.25) is 0 Å². The Balaban J connectivity index is 1.21. The number of nitrogens with zero attached hydrogens (tertiary/aromatic N) is 1. The zero-order chi connectivity index (χ0) is 32.5. The molecule has 2 aliphatic rings. The number of rotatable bonds is 4. The lowest BCUT2D eigenvalue weighted by atomic mass is 9.55. The third-order valence-electron chi connectivity index (χ3n) is 11.0. The molecule has 0 saturated heterocycles. The summed E-state index contributed by atoms with van der Waals surface area (Å²) in [6.07, 6.45) is 0. The molecule has 0 fully saturated rings. The zero-order valence-electron chi connectivity index (χ0n) is 27.6. The summed E-state index contributed by atoms with van der Waals surface area (Å²) in [5, 5.41) is 0. The van der Waals surface area contributed by atoms with Crippen molar-refractivity contribution in [3.63, 3.8) is 0 Å². The van der Waals surface area contributed by atoms with Crippen LogP contribution in [0.5, 0.6) is 0 Å². The Morgan fingerprint density at radius 1 is 0.375 bits per heavy atom. The minimum Gasteiger partial charge on any atom is -0.344 e. The molecule has 9 rings (SSSR count). The molecule has 0 radical (unpaired) electrons. The summed E-state index contributed by atoms with van der Waals surface area (Å²) >= 11 is 0. The lowest BCUT2D eigenvalue weighted by molar-refractivity contribution is 0.563. The molecule has 7 aromatic rings. The van der Waals surface area contributed by atoms with E-state index in [1.165, 1.54) is 72.4 Å². The van der Waals surface area contributed by atoms with Gasteiger partial charge in [0.05, 0.1) is 5.41 Å². The highest BCUT2D eigenvalue weighted by atomic mass is 15.1. The van der Waals surface area contributed by atoms with Gasteiger partial charge in [-0.05, 0) is 79.4 Å². The van der Waals surface area contributed by atoms with E-state index in [1.807, 2.05) is 0 Å². The molecule has 0 amide bonds. The summed E-state index contributed by atoms with van der Waals surface area (Å²) in [5.41, 5.74) is 17.8. The van der Waals surface area contributed by atoms with Crippen molar-refractivity contribution < 1.29 is 0 Å². The molecule has 0 saturated carbocycles. The van der Waals surface area contributed by atoms with Gasteiger partial charge in [0, 0.05) is 29.4 Å². The summed E-state index contributed by atoms with van der Waals surface area (Å²) in [6.45, 7) is 4.76. The zero-order valence-corrected chi connectivity index (χ0v) is 27.6. The third-order valence-corrected chi connectivity index (χ3v) is 11.0. The fraction of sp³-hybridized carbons (Fsp3) is 0.106. The number of benzene rings is 7. The van der Waals surface area contributed by atoms with Gasteiger partial charge >= 0.3 is 0 Å². The minimum absolute atomic E-state index is 0.102. The average Bonchev–Trinajstić information content (AvgIpc) is 3.45. The van der Waals surface area contributed by atoms with E-state index in [2.05, 4.69) is 196 Å². The lowest BCUT2D eigenvalue weighted by Crippen LogP contribution is -2.40. The summed E-state index contributed by atoms with van der Waals surface area (Å²) < 4.78 is 0. The van der Waals surface area contributed by atoms with Crippen LogP contribution in [-0.4, -0.2) is 7.05 Å². The fourth-order valence-corrected chi connectivity index (χ4v) is 8.78. The maximum absolute atomic E-state index is 2.38. The van der Waals surface area contributed by atoms with Crippen molar-refractivity contribution in [1.82, 2.24) is 0 Å². The number of anilines is 2. The minimum atomic E-state index is -0.383. The van der Waals surface area contributed by atoms with Crippen molar-refractivity contribution >= 4 is 11.4 Å². The van der Waals surface area contributed by atoms with Crippen LogP contribution < -0.4 is 4.90 Å². The standard InChI is InChI=1S/C47H37N/c1-46(2)39-22-10-12-24-41(39)47(42-25-13-11-23-40(42)46)38-21-9-7-19-37(38)45-36(20-15-26-43(45)47)33-28-30-34(31-29-33)48(3)44-27-14-8-18-35(44)32-16-5-4-6-17-32/h4-31H,1-3H3. The topological polar surface area (TPSA) is 3.24 Å². The van der Waals surface area contributed by atoms with Crippen LogP contribution in [0.1, 0.15) is 47.2 Å². The number of hydrogen-bond donors (Lipinski definition) is 0. The molecule has 1 nitrogen and oxygen atoms in total. The number of hydrogen-bond acceptors (Lipinski definition) is 1. The molecule has 1 heteroatoms. The van der Waals surface area contributed by atoms with Crippen LogP contribution in [0, 0.1) is 0 Å². The molecular formula is C47H37N. The first-order chi connectivity index (χ1) is 23.5. The van der Waals surface area contributed by atoms with Crippen LogP contribution in [0.15, 0.2) is 170 Å². The number of para-hydroxylation sites is 1. The Labute approximate surface area is 283 Å². The highest BCUT2D eigenvalue weighted by Gasteiger charge is 2.53. The first kappa shape index (κ1) is 28.6. The smallest absolute Gasteiger partial charge is 0.0719 e. The Kier molecular flexibility index (Phi) is 6.36. The number of fused-ring (bicyclic) bond motifs is 9. The molecule has 7 aromatic carbocycles. The Morgan fingerprint density at radius 3 is 1.52 bits per heavy atom. The second-order valence-electron chi connectivity index (χ2n) is 13.7. The van der Waals surface area contributed by atoms with Gasteiger partial charge < -0.3 is 4.90 Å². The van der Waals surface area contributed by atoms with Crippen molar-refractivity contribution in [3.8, 4) is 33.4 Å². The van der Waals surface area contributed by atoms with Crippen LogP contribution >= 0.6 is 0 Å². The normalized spacial score (nSPS) is 14.5. The molecule has 48 heavy (non-hydrogen) atoms. The Bertz CT molecular complexity index is 2280. The van der Waals surface area contributed by atoms with Crippen molar-refractivity contribution in [3.05, 3.63) is 203 Å². The predicted octanol–water partition coefficient (Wildman–Crippen LogP) is 11.8. The van der Waals surface area contributed by atoms with Gasteiger partial charge in [0.2, 0.25) is 0 Å². The molecule has 230 valence electrons. The van der Waals surface area contributed by atoms with Gasteiger partial charge in [-0.15, -0.1) is 0 Å². The van der Waals surface area contributed by atoms with E-state index in [1.54, 1.807) is 0 Å². The first-order valence-electron chi connectivity index (χ1n) is 16.9. The molecule has 0 unspecified atom stereocenters. The van der Waals surface area contributed by atoms with Gasteiger partial charge in [0.1, 0.15) is 0 Å². The highest BCUT2D eigenvalue weighted by molar-refractivity contribution is 5.96. The largest absolute Gasteiger partial charge is 0.344 e. The SMILES string of the molecule is CN(c1ccc(-c2cccc3c2-c2ccccc2C32c3ccccc3C(C)(C)c3ccccc32)cc1)c1ccccc1-c1ccccc1. The maximum atomic E-state index is 2.38. The molecule has 0 aromatic heterocycles. The summed E-state index contributed by atoms with van der Waals surface area (Å²) in [4.78, 5) is 2.30. The van der Waals surface area contributed by atoms with Crippen LogP contribution in [0.2, 0.25) is 0 Å². The van der Waals surface area contributed by atoms with E-state index in [-0.39, 0.29) is 10.8 Å². The average molecular weight is 616 g/mol.